The number of nitrogens with one attached hydrogen (secondary N) is 1. The Morgan fingerprint density at radius 2 is 2.05 bits per heavy atom. The lowest BCUT2D eigenvalue weighted by atomic mass is 10.2. The van der Waals surface area contributed by atoms with Crippen molar-refractivity contribution >= 4 is 21.8 Å². The quantitative estimate of drug-likeness (QED) is 0.879. The number of fused-ring (bicyclic) bond motifs is 1. The van der Waals surface area contributed by atoms with Gasteiger partial charge in [0, 0.05) is 4.47 Å². The van der Waals surface area contributed by atoms with Gasteiger partial charge in [-0.1, -0.05) is 28.1 Å². The molecule has 3 rings (SSSR count). The minimum atomic E-state index is -0.360. The predicted molar refractivity (Wildman–Crippen MR) is 84.5 cm³/mol. The summed E-state index contributed by atoms with van der Waals surface area (Å²) in [6.07, 6.45) is -0.270. The van der Waals surface area contributed by atoms with Gasteiger partial charge in [0.05, 0.1) is 12.1 Å². The van der Waals surface area contributed by atoms with Crippen molar-refractivity contribution in [3.05, 3.63) is 52.5 Å². The summed E-state index contributed by atoms with van der Waals surface area (Å²) in [5, 5.41) is 12.5. The van der Waals surface area contributed by atoms with E-state index < -0.39 is 0 Å². The fraction of sp³-hybridized carbons (Fsp3) is 0.188. The van der Waals surface area contributed by atoms with Crippen molar-refractivity contribution in [2.24, 2.45) is 0 Å². The maximum Gasteiger partial charge on any atom is 0.255 e. The summed E-state index contributed by atoms with van der Waals surface area (Å²) in [5.74, 6) is 0.945. The van der Waals surface area contributed by atoms with E-state index in [1.807, 2.05) is 24.3 Å². The molecule has 2 aromatic carbocycles. The standard InChI is InChI=1S/C16H14BrNO4/c17-10-5-6-13(19)12(7-10)16(20)18-8-11-9-21-14-3-1-2-4-15(14)22-11/h1-7,11,19H,8-9H2,(H,18,20). The van der Waals surface area contributed by atoms with Gasteiger partial charge in [-0.2, -0.15) is 0 Å². The van der Waals surface area contributed by atoms with E-state index in [0.717, 1.165) is 4.47 Å². The van der Waals surface area contributed by atoms with Crippen LogP contribution in [0.2, 0.25) is 0 Å². The minimum Gasteiger partial charge on any atom is -0.507 e. The summed E-state index contributed by atoms with van der Waals surface area (Å²) in [6.45, 7) is 0.654. The van der Waals surface area contributed by atoms with E-state index in [2.05, 4.69) is 21.2 Å². The number of halogens is 1. The first-order chi connectivity index (χ1) is 10.6. The zero-order valence-electron chi connectivity index (χ0n) is 11.6. The smallest absolute Gasteiger partial charge is 0.255 e. The number of rotatable bonds is 3. The average molecular weight is 364 g/mol. The van der Waals surface area contributed by atoms with Crippen LogP contribution in [0.5, 0.6) is 17.2 Å². The Labute approximate surface area is 136 Å². The van der Waals surface area contributed by atoms with Crippen molar-refractivity contribution in [2.75, 3.05) is 13.2 Å². The molecule has 1 unspecified atom stereocenters. The third-order valence-corrected chi connectivity index (χ3v) is 3.75. The molecular weight excluding hydrogens is 350 g/mol. The fourth-order valence-corrected chi connectivity index (χ4v) is 2.52. The number of ether oxygens (including phenoxy) is 2. The van der Waals surface area contributed by atoms with Crippen molar-refractivity contribution in [3.8, 4) is 17.2 Å². The van der Waals surface area contributed by atoms with Crippen LogP contribution in [0.1, 0.15) is 10.4 Å². The molecule has 0 bridgehead atoms. The summed E-state index contributed by atoms with van der Waals surface area (Å²) in [7, 11) is 0. The molecule has 0 aromatic heterocycles. The molecule has 2 N–H and O–H groups in total. The van der Waals surface area contributed by atoms with Crippen LogP contribution in [0.25, 0.3) is 0 Å². The Morgan fingerprint density at radius 1 is 1.27 bits per heavy atom. The molecule has 1 heterocycles. The second-order valence-electron chi connectivity index (χ2n) is 4.87. The van der Waals surface area contributed by atoms with Crippen molar-refractivity contribution in [2.45, 2.75) is 6.10 Å². The molecule has 0 radical (unpaired) electrons. The number of benzene rings is 2. The molecular formula is C16H14BrNO4. The number of para-hydroxylation sites is 2. The van der Waals surface area contributed by atoms with Crippen molar-refractivity contribution < 1.29 is 19.4 Å². The highest BCUT2D eigenvalue weighted by Gasteiger charge is 2.21. The number of phenolic OH excluding ortho intramolecular Hbond substituents is 1. The fourth-order valence-electron chi connectivity index (χ4n) is 2.16. The zero-order chi connectivity index (χ0) is 15.5. The maximum absolute atomic E-state index is 12.1. The molecule has 1 atom stereocenters. The van der Waals surface area contributed by atoms with Gasteiger partial charge in [-0.05, 0) is 30.3 Å². The SMILES string of the molecule is O=C(NCC1COc2ccccc2O1)c1cc(Br)ccc1O. The molecule has 1 aliphatic rings. The Hall–Kier alpha value is -2.21. The van der Waals surface area contributed by atoms with Crippen LogP contribution in [0.3, 0.4) is 0 Å². The van der Waals surface area contributed by atoms with Gasteiger partial charge in [0.1, 0.15) is 18.5 Å². The predicted octanol–water partition coefficient (Wildman–Crippen LogP) is 2.72. The first kappa shape index (κ1) is 14.7. The van der Waals surface area contributed by atoms with Gasteiger partial charge in [0.15, 0.2) is 11.5 Å². The molecule has 1 aliphatic heterocycles. The Morgan fingerprint density at radius 3 is 2.86 bits per heavy atom. The molecule has 5 nitrogen and oxygen atoms in total. The van der Waals surface area contributed by atoms with Gasteiger partial charge in [-0.25, -0.2) is 0 Å². The van der Waals surface area contributed by atoms with Crippen LogP contribution >= 0.6 is 15.9 Å². The van der Waals surface area contributed by atoms with Gasteiger partial charge in [-0.15, -0.1) is 0 Å². The Kier molecular flexibility index (Phi) is 4.20. The monoisotopic (exact) mass is 363 g/mol. The molecule has 0 spiro atoms. The summed E-state index contributed by atoms with van der Waals surface area (Å²) >= 11 is 3.27. The van der Waals surface area contributed by atoms with E-state index in [9.17, 15) is 9.90 Å². The third kappa shape index (κ3) is 3.17. The second kappa shape index (κ2) is 6.27. The van der Waals surface area contributed by atoms with Crippen LogP contribution in [0, 0.1) is 0 Å². The summed E-state index contributed by atoms with van der Waals surface area (Å²) < 4.78 is 12.1. The highest BCUT2D eigenvalue weighted by molar-refractivity contribution is 9.10. The van der Waals surface area contributed by atoms with Gasteiger partial charge in [0.2, 0.25) is 0 Å². The van der Waals surface area contributed by atoms with E-state index in [4.69, 9.17) is 9.47 Å². The lowest BCUT2D eigenvalue weighted by Crippen LogP contribution is -2.40. The van der Waals surface area contributed by atoms with Gasteiger partial charge < -0.3 is 19.9 Å². The summed E-state index contributed by atoms with van der Waals surface area (Å²) in [4.78, 5) is 12.1. The zero-order valence-corrected chi connectivity index (χ0v) is 13.2. The van der Waals surface area contributed by atoms with Crippen LogP contribution in [-0.4, -0.2) is 30.3 Å². The van der Waals surface area contributed by atoms with E-state index in [0.29, 0.717) is 24.7 Å². The molecule has 0 saturated heterocycles. The molecule has 2 aromatic rings. The van der Waals surface area contributed by atoms with Crippen LogP contribution < -0.4 is 14.8 Å². The first-order valence-corrected chi connectivity index (χ1v) is 7.58. The van der Waals surface area contributed by atoms with Crippen LogP contribution in [0.15, 0.2) is 46.9 Å². The number of carbonyl (C=O) groups is 1. The van der Waals surface area contributed by atoms with Crippen LogP contribution in [0.4, 0.5) is 0 Å². The topological polar surface area (TPSA) is 67.8 Å². The third-order valence-electron chi connectivity index (χ3n) is 3.26. The molecule has 1 amide bonds. The van der Waals surface area contributed by atoms with Crippen molar-refractivity contribution in [1.82, 2.24) is 5.32 Å². The van der Waals surface area contributed by atoms with Gasteiger partial charge in [-0.3, -0.25) is 4.79 Å². The lowest BCUT2D eigenvalue weighted by molar-refractivity contribution is 0.0787. The van der Waals surface area contributed by atoms with Gasteiger partial charge in [0.25, 0.3) is 5.91 Å². The molecule has 22 heavy (non-hydrogen) atoms. The summed E-state index contributed by atoms with van der Waals surface area (Å²) in [5.41, 5.74) is 0.214. The number of hydrogen-bond acceptors (Lipinski definition) is 4. The Bertz CT molecular complexity index is 704. The maximum atomic E-state index is 12.1. The Balaban J connectivity index is 1.61. The van der Waals surface area contributed by atoms with Gasteiger partial charge >= 0.3 is 0 Å². The summed E-state index contributed by atoms with van der Waals surface area (Å²) in [6, 6.07) is 12.1. The van der Waals surface area contributed by atoms with E-state index in [1.54, 1.807) is 12.1 Å². The average Bonchev–Trinajstić information content (AvgIpc) is 2.54. The van der Waals surface area contributed by atoms with E-state index >= 15 is 0 Å². The molecule has 0 fully saturated rings. The minimum absolute atomic E-state index is 0.0631. The normalized spacial score (nSPS) is 16.1. The molecule has 6 heteroatoms. The number of hydrogen-bond donors (Lipinski definition) is 2. The largest absolute Gasteiger partial charge is 0.507 e. The highest BCUT2D eigenvalue weighted by atomic mass is 79.9. The number of amides is 1. The second-order valence-corrected chi connectivity index (χ2v) is 5.78. The van der Waals surface area contributed by atoms with E-state index in [-0.39, 0.29) is 23.3 Å². The molecule has 0 aliphatic carbocycles. The highest BCUT2D eigenvalue weighted by Crippen LogP contribution is 2.30. The van der Waals surface area contributed by atoms with Crippen molar-refractivity contribution in [3.63, 3.8) is 0 Å². The lowest BCUT2D eigenvalue weighted by Gasteiger charge is -2.26. The van der Waals surface area contributed by atoms with E-state index in [1.165, 1.54) is 6.07 Å². The van der Waals surface area contributed by atoms with Crippen molar-refractivity contribution in [1.29, 1.82) is 0 Å². The number of phenols is 1. The number of aromatic hydroxyl groups is 1. The number of carbonyl (C=O) groups excluding carboxylic acids is 1. The molecule has 0 saturated carbocycles. The molecule has 114 valence electrons. The van der Waals surface area contributed by atoms with Crippen LogP contribution in [-0.2, 0) is 0 Å². The first-order valence-electron chi connectivity index (χ1n) is 6.78.